The van der Waals surface area contributed by atoms with Crippen LogP contribution >= 0.6 is 0 Å². The average molecular weight is 944 g/mol. The molecule has 70 heavy (non-hydrogen) atoms. The van der Waals surface area contributed by atoms with Crippen LogP contribution in [0, 0.1) is 6.85 Å². The van der Waals surface area contributed by atoms with Gasteiger partial charge in [-0.1, -0.05) is 180 Å². The summed E-state index contributed by atoms with van der Waals surface area (Å²) in [5.41, 5.74) is -6.13. The van der Waals surface area contributed by atoms with Gasteiger partial charge in [-0.2, -0.15) is 0 Å². The Labute approximate surface area is 450 Å². The van der Waals surface area contributed by atoms with E-state index in [4.69, 9.17) is 38.8 Å². The molecule has 0 aliphatic carbocycles. The molecule has 0 aliphatic rings. The van der Waals surface area contributed by atoms with E-state index in [1.807, 2.05) is 78.9 Å². The van der Waals surface area contributed by atoms with Gasteiger partial charge < -0.3 is 5.11 Å². The van der Waals surface area contributed by atoms with Crippen LogP contribution in [0.2, 0.25) is 0 Å². The van der Waals surface area contributed by atoms with Gasteiger partial charge in [0.15, 0.2) is 0 Å². The number of aromatic hydroxyl groups is 1. The highest BCUT2D eigenvalue weighted by atomic mass is 16.3. The topological polar surface area (TPSA) is 50.9 Å². The van der Waals surface area contributed by atoms with E-state index in [1.165, 1.54) is 24.3 Å². The lowest BCUT2D eigenvalue weighted by Crippen LogP contribution is -2.17. The minimum absolute atomic E-state index is 0.0261. The van der Waals surface area contributed by atoms with Gasteiger partial charge in [-0.25, -0.2) is 4.98 Å². The molecule has 0 atom stereocenters. The maximum atomic E-state index is 13.2. The molecule has 0 saturated carbocycles. The monoisotopic (exact) mass is 944 g/mol. The summed E-state index contributed by atoms with van der Waals surface area (Å²) in [4.78, 5) is 9.88. The van der Waals surface area contributed by atoms with Crippen LogP contribution in [0.4, 0.5) is 0 Å². The number of rotatable bonds is 10. The molecule has 0 bridgehead atoms. The molecule has 0 aliphatic heterocycles. The fourth-order valence-corrected chi connectivity index (χ4v) is 8.84. The standard InChI is InChI=1S/C66H69N3O/c1-40(2)44-22-24-46(25-23-44)48-28-29-67-59(37-48)54-35-51(45-18-15-14-16-19-45)34-53(36-54)56-20-17-21-61-62(56)68-64(57-38-55(65(8,9)10)39-58(63(57)70)66(11,12)13)69(61)60-27-26-47(30-43(60)7)52-32-49(41(3)4)31-50(33-52)42(5)6/h14-42,70H,1-13H3/i7D3,8D3,9D3,10D3,11D3,12D3,13D3,40D,41D,42D. The third kappa shape index (κ3) is 9.49. The summed E-state index contributed by atoms with van der Waals surface area (Å²) in [6, 6.07) is 40.8. The molecule has 2 aromatic heterocycles. The minimum atomic E-state index is -4.28. The van der Waals surface area contributed by atoms with Crippen LogP contribution < -0.4 is 0 Å². The molecular formula is C66H69N3O. The molecule has 354 valence electrons. The van der Waals surface area contributed by atoms with E-state index in [9.17, 15) is 9.22 Å². The summed E-state index contributed by atoms with van der Waals surface area (Å²) in [5.74, 6) is -5.55. The third-order valence-corrected chi connectivity index (χ3v) is 12.7. The van der Waals surface area contributed by atoms with Crippen molar-refractivity contribution < 1.29 is 38.0 Å². The van der Waals surface area contributed by atoms with Gasteiger partial charge in [0, 0.05) is 55.8 Å². The van der Waals surface area contributed by atoms with Crippen molar-refractivity contribution in [3.05, 3.63) is 191 Å². The van der Waals surface area contributed by atoms with Gasteiger partial charge in [-0.15, -0.1) is 0 Å². The number of aromatic nitrogens is 3. The first-order chi connectivity index (χ1) is 42.9. The number of pyridine rings is 1. The Balaban J connectivity index is 1.49. The molecule has 0 fully saturated rings. The van der Waals surface area contributed by atoms with E-state index in [2.05, 4.69) is 0 Å². The number of phenolic OH excluding ortho intramolecular Hbond substituents is 1. The van der Waals surface area contributed by atoms with Crippen molar-refractivity contribution in [2.24, 2.45) is 0 Å². The fourth-order valence-electron chi connectivity index (χ4n) is 8.84. The lowest BCUT2D eigenvalue weighted by Gasteiger charge is -2.27. The van der Waals surface area contributed by atoms with Gasteiger partial charge in [0.25, 0.3) is 0 Å². The van der Waals surface area contributed by atoms with Crippen LogP contribution in [0.15, 0.2) is 158 Å². The number of aryl methyl sites for hydroxylation is 1. The van der Waals surface area contributed by atoms with Gasteiger partial charge in [-0.3, -0.25) is 9.55 Å². The number of para-hydroxylation sites is 1. The normalized spacial score (nSPS) is 19.0. The quantitative estimate of drug-likeness (QED) is 0.149. The number of hydrogen-bond donors (Lipinski definition) is 1. The smallest absolute Gasteiger partial charge is 0.149 e. The van der Waals surface area contributed by atoms with Crippen LogP contribution in [0.3, 0.4) is 0 Å². The highest BCUT2D eigenvalue weighted by molar-refractivity contribution is 5.98. The SMILES string of the molecule is [2H]C([2H])([2H])c1cc(-c2cc(C([2H])(C)C)cc(C([2H])(C)C)c2)ccc1-n1c(-c2cc(C(C([2H])([2H])[2H])(C([2H])([2H])[2H])C([2H])([2H])[2H])cc(C(C([2H])([2H])[2H])(C([2H])([2H])[2H])C([2H])([2H])[2H])c2O)nc2c(-c3cc(-c4ccccc4)cc(-c4cc(-c5ccc(C([2H])(C)C)cc5)ccn4)c3)cccc21. The molecule has 0 radical (unpaired) electrons. The van der Waals surface area contributed by atoms with Crippen LogP contribution in [-0.4, -0.2) is 19.6 Å². The molecule has 4 nitrogen and oxygen atoms in total. The highest BCUT2D eigenvalue weighted by Gasteiger charge is 2.29. The molecule has 2 heterocycles. The fraction of sp³-hybridized carbons (Fsp3) is 0.273. The molecule has 1 N–H and O–H groups in total. The first-order valence-corrected chi connectivity index (χ1v) is 22.9. The zero-order chi connectivity index (χ0) is 70.1. The summed E-state index contributed by atoms with van der Waals surface area (Å²) >= 11 is 0. The van der Waals surface area contributed by atoms with Crippen LogP contribution in [0.25, 0.3) is 83.9 Å². The van der Waals surface area contributed by atoms with Crippen molar-refractivity contribution in [2.45, 2.75) is 118 Å². The second-order valence-corrected chi connectivity index (χ2v) is 18.6. The molecule has 0 unspecified atom stereocenters. The Morgan fingerprint density at radius 2 is 1.14 bits per heavy atom. The summed E-state index contributed by atoms with van der Waals surface area (Å²) in [6.45, 7) is -18.2. The Bertz CT molecular complexity index is 4230. The first-order valence-electron chi connectivity index (χ1n) is 34.9. The molecule has 7 aromatic carbocycles. The average Bonchev–Trinajstić information content (AvgIpc) is 0.832. The molecular weight excluding hydrogens is 851 g/mol. The molecule has 4 heteroatoms. The summed E-state index contributed by atoms with van der Waals surface area (Å²) < 4.78 is 214. The maximum absolute atomic E-state index is 13.2. The minimum Gasteiger partial charge on any atom is -0.507 e. The maximum Gasteiger partial charge on any atom is 0.149 e. The van der Waals surface area contributed by atoms with Gasteiger partial charge in [0.05, 0.1) is 28.0 Å². The van der Waals surface area contributed by atoms with Crippen LogP contribution in [0.5, 0.6) is 5.75 Å². The van der Waals surface area contributed by atoms with Crippen LogP contribution in [0.1, 0.15) is 167 Å². The van der Waals surface area contributed by atoms with Crippen molar-refractivity contribution in [1.82, 2.24) is 14.5 Å². The third-order valence-electron chi connectivity index (χ3n) is 12.7. The molecule has 9 aromatic rings. The number of fused-ring (bicyclic) bond motifs is 1. The van der Waals surface area contributed by atoms with E-state index < -0.39 is 110 Å². The number of hydrogen-bond acceptors (Lipinski definition) is 3. The van der Waals surface area contributed by atoms with E-state index in [-0.39, 0.29) is 33.9 Å². The Morgan fingerprint density at radius 1 is 0.514 bits per heavy atom. The number of benzene rings is 7. The van der Waals surface area contributed by atoms with Gasteiger partial charge in [0.1, 0.15) is 11.6 Å². The lowest BCUT2D eigenvalue weighted by atomic mass is 9.79. The first kappa shape index (κ1) is 26.8. The van der Waals surface area contributed by atoms with Gasteiger partial charge in [-0.05, 0) is 157 Å². The van der Waals surface area contributed by atoms with Gasteiger partial charge >= 0.3 is 0 Å². The molecule has 9 rings (SSSR count). The summed E-state index contributed by atoms with van der Waals surface area (Å²) in [6.07, 6.45) is 1.64. The largest absolute Gasteiger partial charge is 0.507 e. The molecule has 0 amide bonds. The molecule has 0 spiro atoms. The van der Waals surface area contributed by atoms with E-state index in [0.29, 0.717) is 45.1 Å². The second kappa shape index (κ2) is 18.7. The van der Waals surface area contributed by atoms with E-state index >= 15 is 0 Å². The Morgan fingerprint density at radius 3 is 1.81 bits per heavy atom. The number of imidazole rings is 1. The predicted octanol–water partition coefficient (Wildman–Crippen LogP) is 18.4. The number of phenols is 1. The lowest BCUT2D eigenvalue weighted by molar-refractivity contribution is 0.446. The zero-order valence-electron chi connectivity index (χ0n) is 63.8. The van der Waals surface area contributed by atoms with Crippen molar-refractivity contribution in [2.75, 3.05) is 0 Å². The zero-order valence-corrected chi connectivity index (χ0v) is 39.8. The van der Waals surface area contributed by atoms with E-state index in [0.717, 1.165) is 26.8 Å². The van der Waals surface area contributed by atoms with Crippen LogP contribution in [-0.2, 0) is 10.8 Å². The van der Waals surface area contributed by atoms with Crippen molar-refractivity contribution >= 4 is 11.0 Å². The number of nitrogens with zero attached hydrogens (tertiary/aromatic N) is 3. The van der Waals surface area contributed by atoms with Crippen molar-refractivity contribution in [1.29, 1.82) is 0 Å². The molecule has 0 saturated heterocycles. The Kier molecular flexibility index (Phi) is 7.16. The highest BCUT2D eigenvalue weighted by Crippen LogP contribution is 2.46. The Hall–Kier alpha value is -7.04. The van der Waals surface area contributed by atoms with Crippen molar-refractivity contribution in [3.8, 4) is 78.6 Å². The summed E-state index contributed by atoms with van der Waals surface area (Å²) in [5, 5.41) is 13.2. The summed E-state index contributed by atoms with van der Waals surface area (Å²) in [7, 11) is 0. The second-order valence-electron chi connectivity index (χ2n) is 18.6. The van der Waals surface area contributed by atoms with E-state index in [1.54, 1.807) is 84.1 Å². The predicted molar refractivity (Wildman–Crippen MR) is 298 cm³/mol. The van der Waals surface area contributed by atoms with Gasteiger partial charge in [0.2, 0.25) is 0 Å². The van der Waals surface area contributed by atoms with Crippen molar-refractivity contribution in [3.63, 3.8) is 0 Å².